The summed E-state index contributed by atoms with van der Waals surface area (Å²) in [7, 11) is 1.42. The van der Waals surface area contributed by atoms with E-state index in [0.717, 1.165) is 6.92 Å². The lowest BCUT2D eigenvalue weighted by Crippen LogP contribution is -2.41. The molecule has 0 N–H and O–H groups in total. The Morgan fingerprint density at radius 2 is 2.00 bits per heavy atom. The van der Waals surface area contributed by atoms with Gasteiger partial charge in [0.1, 0.15) is 6.04 Å². The largest absolute Gasteiger partial charge is 0.403 e. The maximum atomic E-state index is 11.9. The van der Waals surface area contributed by atoms with Gasteiger partial charge in [0.2, 0.25) is 0 Å². The number of nitrogens with zero attached hydrogens (tertiary/aromatic N) is 1. The second-order valence-corrected chi connectivity index (χ2v) is 2.45. The fraction of sp³-hybridized carbons (Fsp3) is 0.714. The Bertz CT molecular complexity index is 130. The smallest absolute Gasteiger partial charge is 0.292 e. The molecule has 0 amide bonds. The van der Waals surface area contributed by atoms with Crippen LogP contribution in [-0.2, 0) is 0 Å². The molecule has 0 aromatic carbocycles. The Labute approximate surface area is 64.5 Å². The molecule has 0 saturated carbocycles. The normalized spacial score (nSPS) is 15.1. The van der Waals surface area contributed by atoms with E-state index in [9.17, 15) is 13.2 Å². The Balaban J connectivity index is 4.01. The van der Waals surface area contributed by atoms with Crippen LogP contribution >= 0.6 is 0 Å². The molecule has 0 aliphatic heterocycles. The van der Waals surface area contributed by atoms with Crippen LogP contribution in [0.2, 0.25) is 0 Å². The first kappa shape index (κ1) is 10.5. The third kappa shape index (κ3) is 3.41. The van der Waals surface area contributed by atoms with Crippen LogP contribution in [0.4, 0.5) is 13.2 Å². The van der Waals surface area contributed by atoms with Crippen molar-refractivity contribution < 1.29 is 13.2 Å². The maximum Gasteiger partial charge on any atom is 0.403 e. The zero-order valence-electron chi connectivity index (χ0n) is 6.65. The SMILES string of the molecule is C=CCN(C)[C@@H](C)C(F)(F)F. The minimum Gasteiger partial charge on any atom is -0.292 e. The standard InChI is InChI=1S/C7H12F3N/c1-4-5-11(3)6(2)7(8,9)10/h4,6H,1,5H2,2-3H3/t6-/m0/s1. The van der Waals surface area contributed by atoms with E-state index in [-0.39, 0.29) is 6.54 Å². The summed E-state index contributed by atoms with van der Waals surface area (Å²) >= 11 is 0. The first-order chi connectivity index (χ1) is 4.89. The van der Waals surface area contributed by atoms with Crippen molar-refractivity contribution in [1.29, 1.82) is 0 Å². The lowest BCUT2D eigenvalue weighted by atomic mass is 10.3. The average molecular weight is 167 g/mol. The highest BCUT2D eigenvalue weighted by Crippen LogP contribution is 2.23. The molecule has 0 unspecified atom stereocenters. The van der Waals surface area contributed by atoms with Crippen LogP contribution in [0.5, 0.6) is 0 Å². The molecule has 1 atom stereocenters. The van der Waals surface area contributed by atoms with Gasteiger partial charge in [-0.15, -0.1) is 6.58 Å². The van der Waals surface area contributed by atoms with E-state index in [0.29, 0.717) is 0 Å². The van der Waals surface area contributed by atoms with Gasteiger partial charge in [-0.2, -0.15) is 13.2 Å². The molecular formula is C7H12F3N. The lowest BCUT2D eigenvalue weighted by molar-refractivity contribution is -0.173. The van der Waals surface area contributed by atoms with Crippen LogP contribution in [-0.4, -0.2) is 30.7 Å². The van der Waals surface area contributed by atoms with Crippen LogP contribution in [0, 0.1) is 0 Å². The molecule has 11 heavy (non-hydrogen) atoms. The summed E-state index contributed by atoms with van der Waals surface area (Å²) in [5, 5.41) is 0. The van der Waals surface area contributed by atoms with Crippen molar-refractivity contribution in [2.75, 3.05) is 13.6 Å². The number of hydrogen-bond acceptors (Lipinski definition) is 1. The number of halogens is 3. The fourth-order valence-corrected chi connectivity index (χ4v) is 0.612. The summed E-state index contributed by atoms with van der Waals surface area (Å²) in [6, 6.07) is -1.40. The van der Waals surface area contributed by atoms with Crippen LogP contribution in [0.1, 0.15) is 6.92 Å². The number of likely N-dealkylation sites (N-methyl/N-ethyl adjacent to an activating group) is 1. The third-order valence-corrected chi connectivity index (χ3v) is 1.55. The molecule has 0 heterocycles. The van der Waals surface area contributed by atoms with E-state index < -0.39 is 12.2 Å². The molecule has 0 fully saturated rings. The molecule has 0 saturated heterocycles. The van der Waals surface area contributed by atoms with Crippen molar-refractivity contribution in [3.63, 3.8) is 0 Å². The zero-order valence-corrected chi connectivity index (χ0v) is 6.65. The topological polar surface area (TPSA) is 3.24 Å². The summed E-state index contributed by atoms with van der Waals surface area (Å²) in [5.74, 6) is 0. The van der Waals surface area contributed by atoms with Gasteiger partial charge in [-0.25, -0.2) is 0 Å². The van der Waals surface area contributed by atoms with E-state index >= 15 is 0 Å². The molecule has 0 radical (unpaired) electrons. The Kier molecular flexibility index (Phi) is 3.58. The predicted octanol–water partition coefficient (Wildman–Crippen LogP) is 2.06. The van der Waals surface area contributed by atoms with Crippen molar-refractivity contribution in [3.8, 4) is 0 Å². The monoisotopic (exact) mass is 167 g/mol. The molecule has 1 nitrogen and oxygen atoms in total. The predicted molar refractivity (Wildman–Crippen MR) is 38.3 cm³/mol. The quantitative estimate of drug-likeness (QED) is 0.581. The molecule has 0 aromatic heterocycles. The Hall–Kier alpha value is -0.510. The first-order valence-electron chi connectivity index (χ1n) is 3.27. The summed E-state index contributed by atoms with van der Waals surface area (Å²) < 4.78 is 35.8. The molecule has 0 aliphatic rings. The van der Waals surface area contributed by atoms with E-state index in [1.54, 1.807) is 0 Å². The summed E-state index contributed by atoms with van der Waals surface area (Å²) in [5.41, 5.74) is 0. The summed E-state index contributed by atoms with van der Waals surface area (Å²) in [6.45, 7) is 4.74. The molecule has 4 heteroatoms. The van der Waals surface area contributed by atoms with E-state index in [4.69, 9.17) is 0 Å². The first-order valence-corrected chi connectivity index (χ1v) is 3.27. The minimum absolute atomic E-state index is 0.251. The van der Waals surface area contributed by atoms with E-state index in [1.165, 1.54) is 18.0 Å². The van der Waals surface area contributed by atoms with Gasteiger partial charge in [-0.3, -0.25) is 4.90 Å². The Morgan fingerprint density at radius 3 is 2.27 bits per heavy atom. The second kappa shape index (κ2) is 3.76. The molecule has 0 aromatic rings. The van der Waals surface area contributed by atoms with Crippen LogP contribution < -0.4 is 0 Å². The van der Waals surface area contributed by atoms with Gasteiger partial charge in [0.15, 0.2) is 0 Å². The Morgan fingerprint density at radius 1 is 1.55 bits per heavy atom. The van der Waals surface area contributed by atoms with E-state index in [2.05, 4.69) is 6.58 Å². The van der Waals surface area contributed by atoms with Crippen molar-refractivity contribution in [1.82, 2.24) is 4.90 Å². The van der Waals surface area contributed by atoms with Crippen molar-refractivity contribution in [3.05, 3.63) is 12.7 Å². The van der Waals surface area contributed by atoms with Gasteiger partial charge >= 0.3 is 6.18 Å². The molecule has 0 bridgehead atoms. The van der Waals surface area contributed by atoms with Gasteiger partial charge in [0.05, 0.1) is 0 Å². The van der Waals surface area contributed by atoms with Gasteiger partial charge in [0.25, 0.3) is 0 Å². The third-order valence-electron chi connectivity index (χ3n) is 1.55. The zero-order chi connectivity index (χ0) is 9.07. The van der Waals surface area contributed by atoms with Gasteiger partial charge < -0.3 is 0 Å². The van der Waals surface area contributed by atoms with Crippen LogP contribution in [0.3, 0.4) is 0 Å². The lowest BCUT2D eigenvalue weighted by Gasteiger charge is -2.25. The number of hydrogen-bond donors (Lipinski definition) is 0. The van der Waals surface area contributed by atoms with Crippen molar-refractivity contribution in [2.24, 2.45) is 0 Å². The number of rotatable bonds is 3. The fourth-order valence-electron chi connectivity index (χ4n) is 0.612. The second-order valence-electron chi connectivity index (χ2n) is 2.45. The molecule has 66 valence electrons. The molecule has 0 aliphatic carbocycles. The minimum atomic E-state index is -4.14. The van der Waals surface area contributed by atoms with Gasteiger partial charge in [-0.1, -0.05) is 6.08 Å². The van der Waals surface area contributed by atoms with E-state index in [1.807, 2.05) is 0 Å². The molecular weight excluding hydrogens is 155 g/mol. The van der Waals surface area contributed by atoms with Gasteiger partial charge in [-0.05, 0) is 14.0 Å². The molecule has 0 rings (SSSR count). The average Bonchev–Trinajstić information content (AvgIpc) is 1.85. The van der Waals surface area contributed by atoms with Crippen molar-refractivity contribution in [2.45, 2.75) is 19.1 Å². The van der Waals surface area contributed by atoms with Gasteiger partial charge in [0, 0.05) is 6.54 Å². The highest BCUT2D eigenvalue weighted by atomic mass is 19.4. The van der Waals surface area contributed by atoms with Crippen molar-refractivity contribution >= 4 is 0 Å². The summed E-state index contributed by atoms with van der Waals surface area (Å²) in [4.78, 5) is 1.19. The van der Waals surface area contributed by atoms with Crippen LogP contribution in [0.15, 0.2) is 12.7 Å². The highest BCUT2D eigenvalue weighted by Gasteiger charge is 2.38. The maximum absolute atomic E-state index is 11.9. The molecule has 0 spiro atoms. The summed E-state index contributed by atoms with van der Waals surface area (Å²) in [6.07, 6.45) is -2.69. The van der Waals surface area contributed by atoms with Crippen LogP contribution in [0.25, 0.3) is 0 Å². The highest BCUT2D eigenvalue weighted by molar-refractivity contribution is 4.78. The number of alkyl halides is 3.